The molecule has 1 aromatic carbocycles. The van der Waals surface area contributed by atoms with Crippen LogP contribution in [0.15, 0.2) is 42.7 Å². The Balaban J connectivity index is 0.000000471. The Labute approximate surface area is 140 Å². The number of carbonyl (C=O) groups excluding carboxylic acids is 2. The summed E-state index contributed by atoms with van der Waals surface area (Å²) >= 11 is 0. The highest BCUT2D eigenvalue weighted by Crippen LogP contribution is 2.17. The van der Waals surface area contributed by atoms with Crippen molar-refractivity contribution < 1.29 is 19.3 Å². The molecule has 0 spiro atoms. The van der Waals surface area contributed by atoms with Crippen LogP contribution in [0.2, 0.25) is 0 Å². The lowest BCUT2D eigenvalue weighted by molar-refractivity contribution is -0.646. The number of fused-ring (bicyclic) bond motifs is 1. The maximum Gasteiger partial charge on any atom is 0.292 e. The molecule has 2 aromatic heterocycles. The highest BCUT2D eigenvalue weighted by atomic mass is 16.4. The van der Waals surface area contributed by atoms with E-state index < -0.39 is 5.97 Å². The quantitative estimate of drug-likeness (QED) is 0.513. The second-order valence-electron chi connectivity index (χ2n) is 5.47. The fourth-order valence-electron chi connectivity index (χ4n) is 2.53. The van der Waals surface area contributed by atoms with Crippen LogP contribution in [0, 0.1) is 6.92 Å². The third kappa shape index (κ3) is 3.48. The number of hydrogen-bond donors (Lipinski definition) is 0. The number of benzene rings is 1. The minimum absolute atomic E-state index is 0.0612. The van der Waals surface area contributed by atoms with E-state index in [9.17, 15) is 4.79 Å². The molecule has 0 atom stereocenters. The van der Waals surface area contributed by atoms with Crippen LogP contribution in [0.3, 0.4) is 0 Å². The number of imidazole rings is 1. The third-order valence-electron chi connectivity index (χ3n) is 3.66. The number of aryl methyl sites for hydroxylation is 3. The van der Waals surface area contributed by atoms with Gasteiger partial charge in [0.1, 0.15) is 7.05 Å². The van der Waals surface area contributed by atoms with Crippen LogP contribution >= 0.6 is 0 Å². The van der Waals surface area contributed by atoms with E-state index in [4.69, 9.17) is 9.90 Å². The van der Waals surface area contributed by atoms with Gasteiger partial charge in [0, 0.05) is 42.9 Å². The van der Waals surface area contributed by atoms with Gasteiger partial charge in [-0.15, -0.1) is 0 Å². The molecule has 0 unspecified atom stereocenters. The van der Waals surface area contributed by atoms with Gasteiger partial charge in [-0.25, -0.2) is 4.98 Å². The normalized spacial score (nSPS) is 10.2. The summed E-state index contributed by atoms with van der Waals surface area (Å²) in [5, 5.41) is 10.0. The highest BCUT2D eigenvalue weighted by molar-refractivity contribution is 6.05. The molecule has 3 rings (SSSR count). The summed E-state index contributed by atoms with van der Waals surface area (Å²) in [6.45, 7) is 3.00. The van der Waals surface area contributed by atoms with E-state index in [2.05, 4.69) is 11.1 Å². The summed E-state index contributed by atoms with van der Waals surface area (Å²) in [5.41, 5.74) is 2.79. The van der Waals surface area contributed by atoms with Gasteiger partial charge in [-0.1, -0.05) is 12.1 Å². The molecule has 0 N–H and O–H groups in total. The van der Waals surface area contributed by atoms with Gasteiger partial charge in [-0.2, -0.15) is 4.57 Å². The number of carboxylic acid groups (broad SMARTS) is 1. The number of aromatic nitrogens is 3. The molecule has 0 aliphatic heterocycles. The molecule has 0 aliphatic carbocycles. The van der Waals surface area contributed by atoms with Crippen LogP contribution in [-0.4, -0.2) is 21.3 Å². The molecule has 0 saturated carbocycles. The molecular formula is C18H19N3O3. The Bertz CT molecular complexity index is 909. The minimum Gasteiger partial charge on any atom is -0.550 e. The largest absolute Gasteiger partial charge is 0.550 e. The zero-order chi connectivity index (χ0) is 17.9. The van der Waals surface area contributed by atoms with Gasteiger partial charge in [0.2, 0.25) is 5.52 Å². The second kappa shape index (κ2) is 7.04. The van der Waals surface area contributed by atoms with Crippen LogP contribution in [0.5, 0.6) is 0 Å². The van der Waals surface area contributed by atoms with E-state index in [0.717, 1.165) is 23.4 Å². The Kier molecular flexibility index (Phi) is 5.08. The van der Waals surface area contributed by atoms with E-state index in [1.165, 1.54) is 0 Å². The molecule has 0 fully saturated rings. The van der Waals surface area contributed by atoms with Crippen LogP contribution in [0.4, 0.5) is 0 Å². The number of para-hydroxylation sites is 1. The first-order valence-corrected chi connectivity index (χ1v) is 7.41. The molecule has 0 radical (unpaired) electrons. The number of pyridine rings is 1. The van der Waals surface area contributed by atoms with Crippen LogP contribution in [0.25, 0.3) is 10.9 Å². The van der Waals surface area contributed by atoms with Crippen molar-refractivity contribution in [3.05, 3.63) is 59.8 Å². The first-order valence-electron chi connectivity index (χ1n) is 7.41. The molecule has 24 heavy (non-hydrogen) atoms. The van der Waals surface area contributed by atoms with Gasteiger partial charge in [-0.05, 0) is 25.5 Å². The fourth-order valence-corrected chi connectivity index (χ4v) is 2.53. The summed E-state index contributed by atoms with van der Waals surface area (Å²) in [6, 6.07) is 10.0. The standard InChI is InChI=1S/C16H16N3O.C2H4O2/c1-11-10-14(15(20)16-17-8-9-18(16)2)19(3)13-7-5-4-6-12(11)13;1-2(3)4/h4-10H,1-3H3;1H3,(H,3,4)/q+1;/p-1. The van der Waals surface area contributed by atoms with E-state index in [1.807, 2.05) is 49.9 Å². The van der Waals surface area contributed by atoms with Crippen LogP contribution < -0.4 is 9.67 Å². The molecular weight excluding hydrogens is 306 g/mol. The smallest absolute Gasteiger partial charge is 0.292 e. The van der Waals surface area contributed by atoms with Gasteiger partial charge in [0.15, 0.2) is 5.82 Å². The number of aliphatic carboxylic acids is 1. The topological polar surface area (TPSA) is 78.9 Å². The van der Waals surface area contributed by atoms with E-state index in [1.54, 1.807) is 17.0 Å². The Morgan fingerprint density at radius 1 is 1.25 bits per heavy atom. The van der Waals surface area contributed by atoms with Crippen molar-refractivity contribution in [1.29, 1.82) is 0 Å². The Hall–Kier alpha value is -3.02. The second-order valence-corrected chi connectivity index (χ2v) is 5.47. The molecule has 0 saturated heterocycles. The first kappa shape index (κ1) is 17.3. The van der Waals surface area contributed by atoms with Crippen molar-refractivity contribution in [1.82, 2.24) is 9.55 Å². The van der Waals surface area contributed by atoms with Crippen LogP contribution in [0.1, 0.15) is 28.8 Å². The fraction of sp³-hybridized carbons (Fsp3) is 0.222. The average molecular weight is 325 g/mol. The summed E-state index contributed by atoms with van der Waals surface area (Å²) < 4.78 is 3.67. The first-order chi connectivity index (χ1) is 11.3. The highest BCUT2D eigenvalue weighted by Gasteiger charge is 2.25. The molecule has 0 aliphatic rings. The van der Waals surface area contributed by atoms with E-state index in [0.29, 0.717) is 11.5 Å². The van der Waals surface area contributed by atoms with E-state index in [-0.39, 0.29) is 5.78 Å². The monoisotopic (exact) mass is 325 g/mol. The predicted octanol–water partition coefficient (Wildman–Crippen LogP) is 0.693. The van der Waals surface area contributed by atoms with Gasteiger partial charge in [-0.3, -0.25) is 4.79 Å². The average Bonchev–Trinajstić information content (AvgIpc) is 2.96. The molecule has 6 heteroatoms. The lowest BCUT2D eigenvalue weighted by atomic mass is 10.1. The van der Waals surface area contributed by atoms with Gasteiger partial charge in [0.05, 0.1) is 0 Å². The summed E-state index contributed by atoms with van der Waals surface area (Å²) in [5.74, 6) is -0.691. The summed E-state index contributed by atoms with van der Waals surface area (Å²) in [6.07, 6.45) is 3.42. The van der Waals surface area contributed by atoms with Crippen molar-refractivity contribution in [2.45, 2.75) is 13.8 Å². The minimum atomic E-state index is -1.08. The van der Waals surface area contributed by atoms with Crippen molar-refractivity contribution in [2.24, 2.45) is 14.1 Å². The van der Waals surface area contributed by atoms with Gasteiger partial charge >= 0.3 is 0 Å². The number of ketones is 1. The van der Waals surface area contributed by atoms with Gasteiger partial charge < -0.3 is 14.5 Å². The zero-order valence-corrected chi connectivity index (χ0v) is 14.1. The molecule has 0 bridgehead atoms. The maximum absolute atomic E-state index is 12.6. The molecule has 3 aromatic rings. The molecule has 6 nitrogen and oxygen atoms in total. The van der Waals surface area contributed by atoms with E-state index >= 15 is 0 Å². The van der Waals surface area contributed by atoms with Crippen molar-refractivity contribution in [2.75, 3.05) is 0 Å². The van der Waals surface area contributed by atoms with Crippen molar-refractivity contribution >= 4 is 22.7 Å². The molecule has 124 valence electrons. The lowest BCUT2D eigenvalue weighted by Gasteiger charge is -2.05. The third-order valence-corrected chi connectivity index (χ3v) is 3.66. The number of nitrogens with zero attached hydrogens (tertiary/aromatic N) is 3. The van der Waals surface area contributed by atoms with Crippen molar-refractivity contribution in [3.63, 3.8) is 0 Å². The maximum atomic E-state index is 12.6. The number of hydrogen-bond acceptors (Lipinski definition) is 4. The summed E-state index contributed by atoms with van der Waals surface area (Å²) in [4.78, 5) is 25.7. The number of carboxylic acids is 1. The van der Waals surface area contributed by atoms with Crippen LogP contribution in [-0.2, 0) is 18.9 Å². The predicted molar refractivity (Wildman–Crippen MR) is 87.2 cm³/mol. The molecule has 0 amide bonds. The Morgan fingerprint density at radius 3 is 2.46 bits per heavy atom. The molecule has 2 heterocycles. The lowest BCUT2D eigenvalue weighted by Crippen LogP contribution is -2.38. The van der Waals surface area contributed by atoms with Crippen molar-refractivity contribution in [3.8, 4) is 0 Å². The SMILES string of the molecule is CC(=O)[O-].Cc1cc(C(=O)c2nccn2C)[n+](C)c2ccccc12. The number of carbonyl (C=O) groups is 2. The zero-order valence-electron chi connectivity index (χ0n) is 14.1. The van der Waals surface area contributed by atoms with Gasteiger partial charge in [0.25, 0.3) is 11.5 Å². The summed E-state index contributed by atoms with van der Waals surface area (Å²) in [7, 11) is 3.74. The Morgan fingerprint density at radius 2 is 1.88 bits per heavy atom. The number of rotatable bonds is 2.